The van der Waals surface area contributed by atoms with E-state index in [2.05, 4.69) is 38.2 Å². The molecule has 0 aromatic rings. The summed E-state index contributed by atoms with van der Waals surface area (Å²) in [5, 5.41) is 0. The molecule has 1 N–H and O–H groups in total. The summed E-state index contributed by atoms with van der Waals surface area (Å²) < 4.78 is 34.1. The summed E-state index contributed by atoms with van der Waals surface area (Å²) in [7, 11) is 1.47. The normalized spacial score (nSPS) is 14.0. The Morgan fingerprint density at radius 1 is 0.612 bits per heavy atom. The van der Waals surface area contributed by atoms with Gasteiger partial charge in [0.15, 0.2) is 6.10 Å². The van der Waals surface area contributed by atoms with Crippen LogP contribution in [-0.4, -0.2) is 74.9 Å². The minimum atomic E-state index is -4.37. The number of quaternary nitrogens is 1. The molecule has 0 aromatic carbocycles. The standard InChI is InChI=1S/C39H74NO8P/c1-6-8-10-12-14-16-18-20-22-23-25-27-29-31-38(41)45-35-37(36-47-49(43,44)46-34-33-40(3,4)5)48-39(42)32-30-28-26-24-21-19-17-15-13-11-9-7-2/h15-18,37H,6-14,19-36H2,1-5H3/p+1/b17-15-,18-16-/t37-/m1/s1. The van der Waals surface area contributed by atoms with Crippen LogP contribution < -0.4 is 0 Å². The molecule has 0 saturated heterocycles. The highest BCUT2D eigenvalue weighted by atomic mass is 31.2. The van der Waals surface area contributed by atoms with Crippen molar-refractivity contribution in [2.45, 2.75) is 168 Å². The number of esters is 2. The van der Waals surface area contributed by atoms with Gasteiger partial charge in [0, 0.05) is 12.8 Å². The van der Waals surface area contributed by atoms with Gasteiger partial charge < -0.3 is 18.9 Å². The first-order valence-electron chi connectivity index (χ1n) is 19.6. The first kappa shape index (κ1) is 47.5. The maximum absolute atomic E-state index is 12.6. The van der Waals surface area contributed by atoms with Gasteiger partial charge in [0.1, 0.15) is 19.8 Å². The number of likely N-dealkylation sites (N-methyl/N-ethyl adjacent to an activating group) is 1. The van der Waals surface area contributed by atoms with Crippen molar-refractivity contribution in [3.63, 3.8) is 0 Å². The third-order valence-electron chi connectivity index (χ3n) is 8.20. The Labute approximate surface area is 300 Å². The zero-order valence-electron chi connectivity index (χ0n) is 32.2. The van der Waals surface area contributed by atoms with Crippen LogP contribution in [0.2, 0.25) is 0 Å². The van der Waals surface area contributed by atoms with E-state index >= 15 is 0 Å². The molecule has 0 amide bonds. The predicted octanol–water partition coefficient (Wildman–Crippen LogP) is 10.4. The topological polar surface area (TPSA) is 108 Å². The van der Waals surface area contributed by atoms with Crippen molar-refractivity contribution >= 4 is 19.8 Å². The first-order valence-corrected chi connectivity index (χ1v) is 21.1. The Morgan fingerprint density at radius 2 is 1.04 bits per heavy atom. The molecule has 0 rings (SSSR count). The predicted molar refractivity (Wildman–Crippen MR) is 201 cm³/mol. The first-order chi connectivity index (χ1) is 23.5. The second kappa shape index (κ2) is 32.4. The lowest BCUT2D eigenvalue weighted by atomic mass is 10.1. The van der Waals surface area contributed by atoms with E-state index in [1.165, 1.54) is 57.8 Å². The summed E-state index contributed by atoms with van der Waals surface area (Å²) in [6.07, 6.45) is 32.2. The molecule has 1 unspecified atom stereocenters. The molecule has 0 heterocycles. The lowest BCUT2D eigenvalue weighted by Gasteiger charge is -2.24. The number of nitrogens with zero attached hydrogens (tertiary/aromatic N) is 1. The number of ether oxygens (including phenoxy) is 2. The smallest absolute Gasteiger partial charge is 0.462 e. The van der Waals surface area contributed by atoms with Crippen molar-refractivity contribution in [2.75, 3.05) is 47.5 Å². The van der Waals surface area contributed by atoms with Crippen molar-refractivity contribution < 1.29 is 42.1 Å². The fraction of sp³-hybridized carbons (Fsp3) is 0.846. The van der Waals surface area contributed by atoms with Gasteiger partial charge in [-0.1, -0.05) is 109 Å². The molecule has 9 nitrogen and oxygen atoms in total. The van der Waals surface area contributed by atoms with Crippen LogP contribution in [-0.2, 0) is 32.7 Å². The number of carbonyl (C=O) groups excluding carboxylic acids is 2. The van der Waals surface area contributed by atoms with Crippen LogP contribution in [0.4, 0.5) is 0 Å². The third-order valence-corrected chi connectivity index (χ3v) is 9.19. The monoisotopic (exact) mass is 717 g/mol. The maximum Gasteiger partial charge on any atom is 0.472 e. The number of rotatable bonds is 35. The molecule has 0 aliphatic rings. The Kier molecular flexibility index (Phi) is 31.4. The molecular formula is C39H75NO8P+. The summed E-state index contributed by atoms with van der Waals surface area (Å²) in [6, 6.07) is 0. The molecule has 0 bridgehead atoms. The second-order valence-electron chi connectivity index (χ2n) is 14.3. The Hall–Kier alpha value is -1.51. The van der Waals surface area contributed by atoms with E-state index in [4.69, 9.17) is 18.5 Å². The van der Waals surface area contributed by atoms with Gasteiger partial charge in [0.25, 0.3) is 0 Å². The Bertz CT molecular complexity index is 902. The van der Waals surface area contributed by atoms with E-state index in [0.717, 1.165) is 70.6 Å². The van der Waals surface area contributed by atoms with E-state index in [9.17, 15) is 19.0 Å². The minimum absolute atomic E-state index is 0.0296. The summed E-state index contributed by atoms with van der Waals surface area (Å²) >= 11 is 0. The van der Waals surface area contributed by atoms with Gasteiger partial charge in [-0.3, -0.25) is 18.6 Å². The quantitative estimate of drug-likeness (QED) is 0.0227. The van der Waals surface area contributed by atoms with Gasteiger partial charge in [-0.15, -0.1) is 0 Å². The highest BCUT2D eigenvalue weighted by molar-refractivity contribution is 7.47. The number of phosphoric acid groups is 1. The second-order valence-corrected chi connectivity index (χ2v) is 15.8. The lowest BCUT2D eigenvalue weighted by Crippen LogP contribution is -2.37. The van der Waals surface area contributed by atoms with E-state index in [1.54, 1.807) is 0 Å². The number of hydrogen-bond acceptors (Lipinski definition) is 7. The molecular weight excluding hydrogens is 641 g/mol. The number of allylic oxidation sites excluding steroid dienone is 4. The molecule has 2 atom stereocenters. The van der Waals surface area contributed by atoms with Crippen molar-refractivity contribution in [2.24, 2.45) is 0 Å². The van der Waals surface area contributed by atoms with Crippen LogP contribution in [0.3, 0.4) is 0 Å². The summed E-state index contributed by atoms with van der Waals surface area (Å²) in [5.41, 5.74) is 0. The van der Waals surface area contributed by atoms with Gasteiger partial charge in [0.05, 0.1) is 27.7 Å². The van der Waals surface area contributed by atoms with Crippen LogP contribution >= 0.6 is 7.82 Å². The molecule has 0 aromatic heterocycles. The maximum atomic E-state index is 12.6. The van der Waals surface area contributed by atoms with Crippen LogP contribution in [0.25, 0.3) is 0 Å². The van der Waals surface area contributed by atoms with Gasteiger partial charge >= 0.3 is 19.8 Å². The third kappa shape index (κ3) is 36.1. The number of hydrogen-bond donors (Lipinski definition) is 1. The van der Waals surface area contributed by atoms with Crippen molar-refractivity contribution in [1.82, 2.24) is 0 Å². The SMILES string of the molecule is CCCCC/C=C\CCCCCCCC(=O)O[C@H](COC(=O)CCCCCCC/C=C\CCCCCC)COP(=O)(O)OCC[N+](C)(C)C. The van der Waals surface area contributed by atoms with E-state index in [0.29, 0.717) is 17.4 Å². The number of carbonyl (C=O) groups is 2. The van der Waals surface area contributed by atoms with Gasteiger partial charge in [-0.25, -0.2) is 4.57 Å². The molecule has 49 heavy (non-hydrogen) atoms. The van der Waals surface area contributed by atoms with Crippen molar-refractivity contribution in [1.29, 1.82) is 0 Å². The number of phosphoric ester groups is 1. The largest absolute Gasteiger partial charge is 0.472 e. The zero-order valence-corrected chi connectivity index (χ0v) is 33.1. The molecule has 0 aliphatic heterocycles. The molecule has 10 heteroatoms. The van der Waals surface area contributed by atoms with Crippen LogP contribution in [0, 0.1) is 0 Å². The Balaban J connectivity index is 4.45. The fourth-order valence-corrected chi connectivity index (χ4v) is 5.80. The van der Waals surface area contributed by atoms with Gasteiger partial charge in [-0.2, -0.15) is 0 Å². The fourth-order valence-electron chi connectivity index (χ4n) is 5.06. The summed E-state index contributed by atoms with van der Waals surface area (Å²) in [6.45, 7) is 4.35. The molecule has 0 aliphatic carbocycles. The van der Waals surface area contributed by atoms with Crippen LogP contribution in [0.1, 0.15) is 162 Å². The highest BCUT2D eigenvalue weighted by Crippen LogP contribution is 2.43. The zero-order chi connectivity index (χ0) is 36.5. The van der Waals surface area contributed by atoms with E-state index < -0.39 is 26.5 Å². The van der Waals surface area contributed by atoms with Crippen molar-refractivity contribution in [3.05, 3.63) is 24.3 Å². The van der Waals surface area contributed by atoms with Crippen molar-refractivity contribution in [3.8, 4) is 0 Å². The summed E-state index contributed by atoms with van der Waals surface area (Å²) in [4.78, 5) is 35.2. The van der Waals surface area contributed by atoms with E-state index in [-0.39, 0.29) is 32.0 Å². The highest BCUT2D eigenvalue weighted by Gasteiger charge is 2.27. The average molecular weight is 717 g/mol. The molecule has 0 saturated carbocycles. The molecule has 0 fully saturated rings. The Morgan fingerprint density at radius 3 is 1.55 bits per heavy atom. The van der Waals surface area contributed by atoms with Crippen LogP contribution in [0.15, 0.2) is 24.3 Å². The van der Waals surface area contributed by atoms with Gasteiger partial charge in [0.2, 0.25) is 0 Å². The molecule has 0 radical (unpaired) electrons. The lowest BCUT2D eigenvalue weighted by molar-refractivity contribution is -0.870. The average Bonchev–Trinajstić information content (AvgIpc) is 3.04. The van der Waals surface area contributed by atoms with Gasteiger partial charge in [-0.05, 0) is 64.2 Å². The van der Waals surface area contributed by atoms with E-state index in [1.807, 2.05) is 21.1 Å². The van der Waals surface area contributed by atoms with Crippen LogP contribution in [0.5, 0.6) is 0 Å². The summed E-state index contributed by atoms with van der Waals surface area (Å²) in [5.74, 6) is -0.820. The minimum Gasteiger partial charge on any atom is -0.462 e. The number of unbranched alkanes of at least 4 members (excludes halogenated alkanes) is 17. The molecule has 0 spiro atoms. The molecule has 288 valence electrons.